The van der Waals surface area contributed by atoms with Crippen LogP contribution in [0.4, 0.5) is 0 Å². The minimum Gasteiger partial charge on any atom is -0.497 e. The number of ketones is 1. The fourth-order valence-electron chi connectivity index (χ4n) is 4.93. The second-order valence-corrected chi connectivity index (χ2v) is 9.57. The Morgan fingerprint density at radius 2 is 1.79 bits per heavy atom. The van der Waals surface area contributed by atoms with E-state index in [1.807, 2.05) is 54.6 Å². The SMILES string of the molecule is COc1ccc(C2C3=C(CCCC3=O)N=c3sc(=Cc4cccc5ccccc45)c(=O)n32)cc1. The van der Waals surface area contributed by atoms with Crippen LogP contribution >= 0.6 is 11.3 Å². The van der Waals surface area contributed by atoms with Gasteiger partial charge in [-0.05, 0) is 52.9 Å². The molecule has 0 N–H and O–H groups in total. The van der Waals surface area contributed by atoms with Crippen LogP contribution in [0.1, 0.15) is 36.4 Å². The highest BCUT2D eigenvalue weighted by atomic mass is 32.1. The van der Waals surface area contributed by atoms with Gasteiger partial charge < -0.3 is 4.74 Å². The number of ether oxygens (including phenoxy) is 1. The quantitative estimate of drug-likeness (QED) is 0.456. The molecule has 0 fully saturated rings. The summed E-state index contributed by atoms with van der Waals surface area (Å²) in [5.41, 5.74) is 3.22. The fraction of sp³-hybridized carbons (Fsp3) is 0.179. The van der Waals surface area contributed by atoms with E-state index in [9.17, 15) is 9.59 Å². The van der Waals surface area contributed by atoms with Gasteiger partial charge in [0.1, 0.15) is 5.75 Å². The summed E-state index contributed by atoms with van der Waals surface area (Å²) < 4.78 is 7.63. The van der Waals surface area contributed by atoms with Gasteiger partial charge in [-0.25, -0.2) is 4.99 Å². The lowest BCUT2D eigenvalue weighted by Crippen LogP contribution is -2.40. The maximum absolute atomic E-state index is 13.8. The molecule has 0 amide bonds. The normalized spacial score (nSPS) is 18.0. The largest absolute Gasteiger partial charge is 0.497 e. The average Bonchev–Trinajstić information content (AvgIpc) is 3.18. The fourth-order valence-corrected chi connectivity index (χ4v) is 5.94. The smallest absolute Gasteiger partial charge is 0.271 e. The first-order valence-corrected chi connectivity index (χ1v) is 12.2. The van der Waals surface area contributed by atoms with Crippen molar-refractivity contribution in [3.63, 3.8) is 0 Å². The molecule has 0 bridgehead atoms. The average molecular weight is 467 g/mol. The minimum absolute atomic E-state index is 0.0779. The monoisotopic (exact) mass is 466 g/mol. The van der Waals surface area contributed by atoms with Crippen molar-refractivity contribution in [1.82, 2.24) is 4.57 Å². The maximum atomic E-state index is 13.8. The van der Waals surface area contributed by atoms with Crippen LogP contribution < -0.4 is 19.6 Å². The zero-order valence-electron chi connectivity index (χ0n) is 18.7. The van der Waals surface area contributed by atoms with Gasteiger partial charge in [-0.15, -0.1) is 0 Å². The Morgan fingerprint density at radius 3 is 2.62 bits per heavy atom. The number of benzene rings is 3. The molecular weight excluding hydrogens is 444 g/mol. The van der Waals surface area contributed by atoms with Crippen molar-refractivity contribution >= 4 is 34.0 Å². The van der Waals surface area contributed by atoms with Crippen molar-refractivity contribution in [2.24, 2.45) is 4.99 Å². The molecule has 5 nitrogen and oxygen atoms in total. The summed E-state index contributed by atoms with van der Waals surface area (Å²) in [4.78, 5) is 32.3. The number of carbonyl (C=O) groups is 1. The molecule has 1 atom stereocenters. The highest BCUT2D eigenvalue weighted by Gasteiger charge is 2.34. The number of carbonyl (C=O) groups excluding carboxylic acids is 1. The molecular formula is C28H22N2O3S. The van der Waals surface area contributed by atoms with Crippen molar-refractivity contribution in [3.05, 3.63) is 109 Å². The van der Waals surface area contributed by atoms with E-state index < -0.39 is 6.04 Å². The van der Waals surface area contributed by atoms with Gasteiger partial charge in [0.05, 0.1) is 23.4 Å². The molecule has 3 aromatic carbocycles. The molecule has 4 aromatic rings. The van der Waals surface area contributed by atoms with Crippen LogP contribution in [-0.2, 0) is 4.79 Å². The van der Waals surface area contributed by atoms with E-state index >= 15 is 0 Å². The lowest BCUT2D eigenvalue weighted by molar-refractivity contribution is -0.116. The van der Waals surface area contributed by atoms with Crippen molar-refractivity contribution in [2.75, 3.05) is 7.11 Å². The first-order valence-electron chi connectivity index (χ1n) is 11.3. The summed E-state index contributed by atoms with van der Waals surface area (Å²) in [5, 5.41) is 2.22. The number of aromatic nitrogens is 1. The van der Waals surface area contributed by atoms with Crippen molar-refractivity contribution in [1.29, 1.82) is 0 Å². The second kappa shape index (κ2) is 8.22. The number of thiazole rings is 1. The third-order valence-corrected chi connectivity index (χ3v) is 7.55. The molecule has 1 aliphatic heterocycles. The Labute approximate surface area is 200 Å². The molecule has 2 heterocycles. The zero-order valence-corrected chi connectivity index (χ0v) is 19.5. The van der Waals surface area contributed by atoms with Gasteiger partial charge in [0, 0.05) is 12.0 Å². The van der Waals surface area contributed by atoms with E-state index in [1.54, 1.807) is 11.7 Å². The molecule has 2 aliphatic rings. The summed E-state index contributed by atoms with van der Waals surface area (Å²) in [6, 6.07) is 21.4. The molecule has 0 saturated carbocycles. The molecule has 0 saturated heterocycles. The Kier molecular flexibility index (Phi) is 5.03. The molecule has 1 aromatic heterocycles. The molecule has 1 unspecified atom stereocenters. The van der Waals surface area contributed by atoms with Crippen molar-refractivity contribution in [3.8, 4) is 5.75 Å². The predicted molar refractivity (Wildman–Crippen MR) is 134 cm³/mol. The number of methoxy groups -OCH3 is 1. The van der Waals surface area contributed by atoms with E-state index in [1.165, 1.54) is 11.3 Å². The van der Waals surface area contributed by atoms with Gasteiger partial charge in [0.2, 0.25) is 0 Å². The summed E-state index contributed by atoms with van der Waals surface area (Å²) >= 11 is 1.39. The van der Waals surface area contributed by atoms with Gasteiger partial charge in [0.15, 0.2) is 10.6 Å². The molecule has 168 valence electrons. The molecule has 0 spiro atoms. The molecule has 1 aliphatic carbocycles. The van der Waals surface area contributed by atoms with Crippen molar-refractivity contribution in [2.45, 2.75) is 25.3 Å². The number of hydrogen-bond acceptors (Lipinski definition) is 5. The summed E-state index contributed by atoms with van der Waals surface area (Å²) in [6.45, 7) is 0. The number of fused-ring (bicyclic) bond motifs is 2. The Balaban J connectivity index is 1.59. The molecule has 6 rings (SSSR count). The van der Waals surface area contributed by atoms with E-state index in [-0.39, 0.29) is 11.3 Å². The molecule has 34 heavy (non-hydrogen) atoms. The number of Topliss-reactive ketones (excluding diaryl/α,β-unsaturated/α-hetero) is 1. The standard InChI is InChI=1S/C28H22N2O3S/c1-33-20-14-12-18(13-15-20)26-25-22(10-5-11-23(25)31)29-28-30(26)27(32)24(34-28)16-19-8-4-7-17-6-2-3-9-21(17)19/h2-4,6-9,12-16,26H,5,10-11H2,1H3. The lowest BCUT2D eigenvalue weighted by atomic mass is 9.86. The zero-order chi connectivity index (χ0) is 23.2. The van der Waals surface area contributed by atoms with Crippen molar-refractivity contribution < 1.29 is 9.53 Å². The predicted octanol–water partition coefficient (Wildman–Crippen LogP) is 4.13. The van der Waals surface area contributed by atoms with Crippen LogP contribution in [0.15, 0.2) is 87.8 Å². The summed E-state index contributed by atoms with van der Waals surface area (Å²) in [5.74, 6) is 0.811. The number of rotatable bonds is 3. The Morgan fingerprint density at radius 1 is 1.00 bits per heavy atom. The van der Waals surface area contributed by atoms with Crippen LogP contribution in [0.25, 0.3) is 16.8 Å². The van der Waals surface area contributed by atoms with E-state index in [0.717, 1.165) is 46.2 Å². The van der Waals surface area contributed by atoms with Gasteiger partial charge in [-0.3, -0.25) is 14.2 Å². The topological polar surface area (TPSA) is 60.7 Å². The summed E-state index contributed by atoms with van der Waals surface area (Å²) in [6.07, 6.45) is 3.98. The number of nitrogens with zero attached hydrogens (tertiary/aromatic N) is 2. The third kappa shape index (κ3) is 3.33. The third-order valence-electron chi connectivity index (χ3n) is 6.57. The van der Waals surface area contributed by atoms with E-state index in [4.69, 9.17) is 9.73 Å². The maximum Gasteiger partial charge on any atom is 0.271 e. The second-order valence-electron chi connectivity index (χ2n) is 8.56. The van der Waals surface area contributed by atoms with E-state index in [2.05, 4.69) is 18.2 Å². The Hall–Kier alpha value is -3.77. The van der Waals surface area contributed by atoms with Crippen LogP contribution in [0.3, 0.4) is 0 Å². The van der Waals surface area contributed by atoms with Crippen LogP contribution in [-0.4, -0.2) is 17.5 Å². The van der Waals surface area contributed by atoms with Crippen LogP contribution in [0.5, 0.6) is 5.75 Å². The van der Waals surface area contributed by atoms with Crippen LogP contribution in [0.2, 0.25) is 0 Å². The highest BCUT2D eigenvalue weighted by Crippen LogP contribution is 2.36. The molecule has 6 heteroatoms. The van der Waals surface area contributed by atoms with Crippen LogP contribution in [0, 0.1) is 0 Å². The first-order chi connectivity index (χ1) is 16.6. The lowest BCUT2D eigenvalue weighted by Gasteiger charge is -2.28. The van der Waals surface area contributed by atoms with Gasteiger partial charge in [-0.1, -0.05) is 65.9 Å². The van der Waals surface area contributed by atoms with Gasteiger partial charge in [0.25, 0.3) is 5.56 Å². The minimum atomic E-state index is -0.473. The highest BCUT2D eigenvalue weighted by molar-refractivity contribution is 7.07. The van der Waals surface area contributed by atoms with Gasteiger partial charge in [-0.2, -0.15) is 0 Å². The molecule has 0 radical (unpaired) electrons. The first kappa shape index (κ1) is 20.8. The summed E-state index contributed by atoms with van der Waals surface area (Å²) in [7, 11) is 1.62. The van der Waals surface area contributed by atoms with E-state index in [0.29, 0.717) is 21.3 Å². The number of hydrogen-bond donors (Lipinski definition) is 0. The Bertz CT molecular complexity index is 1650. The number of allylic oxidation sites excluding steroid dienone is 2. The van der Waals surface area contributed by atoms with Gasteiger partial charge >= 0.3 is 0 Å².